The minimum atomic E-state index is -1.18. The highest BCUT2D eigenvalue weighted by atomic mass is 79.9. The van der Waals surface area contributed by atoms with Crippen LogP contribution in [0.3, 0.4) is 0 Å². The van der Waals surface area contributed by atoms with Crippen molar-refractivity contribution in [1.82, 2.24) is 4.90 Å². The van der Waals surface area contributed by atoms with E-state index in [1.807, 2.05) is 24.3 Å². The van der Waals surface area contributed by atoms with Gasteiger partial charge in [-0.05, 0) is 49.2 Å². The van der Waals surface area contributed by atoms with E-state index in [4.69, 9.17) is 22.1 Å². The predicted octanol–water partition coefficient (Wildman–Crippen LogP) is 5.64. The van der Waals surface area contributed by atoms with Crippen LogP contribution in [0.25, 0.3) is 0 Å². The molecule has 0 saturated carbocycles. The molecule has 2 aromatic carbocycles. The number of ether oxygens (including phenoxy) is 1. The third-order valence-corrected chi connectivity index (χ3v) is 11.1. The molecule has 39 heavy (non-hydrogen) atoms. The molecule has 4 rings (SSSR count). The van der Waals surface area contributed by atoms with Gasteiger partial charge in [-0.3, -0.25) is 14.4 Å². The molecule has 1 saturated heterocycles. The Morgan fingerprint density at radius 2 is 1.95 bits per heavy atom. The third-order valence-electron chi connectivity index (χ3n) is 7.66. The Labute approximate surface area is 245 Å². The molecule has 3 N–H and O–H groups in total. The van der Waals surface area contributed by atoms with Gasteiger partial charge in [-0.1, -0.05) is 77.5 Å². The Morgan fingerprint density at radius 3 is 2.46 bits per heavy atom. The standard InChI is InChI=1S/C23H21BrClN3O3.C6H16OSi/c1-12(2)21-23(16-7-6-14(24)9-18(16)27-22(23)31)17(13-4-3-5-15(25)8-13)10-20(30)28(21)11-19(26)29;1-6(7-2)8(3,4)5/h3-9,17,21H,1,10-11H2,2H3,(H2,26,29)(H,27,31);6H,1-5H3/t17-,21+,23-;/m1./s1. The summed E-state index contributed by atoms with van der Waals surface area (Å²) in [6, 6.07) is 12.0. The van der Waals surface area contributed by atoms with Gasteiger partial charge in [-0.25, -0.2) is 0 Å². The van der Waals surface area contributed by atoms with Gasteiger partial charge in [0.1, 0.15) is 5.41 Å². The van der Waals surface area contributed by atoms with Gasteiger partial charge in [0.15, 0.2) is 0 Å². The average Bonchev–Trinajstić information content (AvgIpc) is 3.10. The molecule has 0 radical (unpaired) electrons. The summed E-state index contributed by atoms with van der Waals surface area (Å²) >= 11 is 9.72. The van der Waals surface area contributed by atoms with Crippen molar-refractivity contribution in [2.75, 3.05) is 19.0 Å². The number of piperidine rings is 1. The van der Waals surface area contributed by atoms with Crippen molar-refractivity contribution in [3.05, 3.63) is 75.2 Å². The number of primary amides is 1. The van der Waals surface area contributed by atoms with Gasteiger partial charge in [0.25, 0.3) is 0 Å². The first-order valence-electron chi connectivity index (χ1n) is 12.8. The van der Waals surface area contributed by atoms with Gasteiger partial charge in [0, 0.05) is 40.4 Å². The third kappa shape index (κ3) is 6.16. The number of nitrogens with zero attached hydrogens (tertiary/aromatic N) is 1. The molecule has 210 valence electrons. The van der Waals surface area contributed by atoms with E-state index in [-0.39, 0.29) is 24.8 Å². The first-order chi connectivity index (χ1) is 18.1. The quantitative estimate of drug-likeness (QED) is 0.317. The Hall–Kier alpha value is -2.46. The zero-order valence-electron chi connectivity index (χ0n) is 23.3. The van der Waals surface area contributed by atoms with Crippen molar-refractivity contribution in [3.8, 4) is 0 Å². The van der Waals surface area contributed by atoms with E-state index in [0.29, 0.717) is 22.0 Å². The molecular weight excluding hydrogens is 598 g/mol. The lowest BCUT2D eigenvalue weighted by Crippen LogP contribution is -2.64. The molecule has 4 atom stereocenters. The second-order valence-corrected chi connectivity index (χ2v) is 18.2. The number of benzene rings is 2. The second kappa shape index (κ2) is 12.0. The monoisotopic (exact) mass is 633 g/mol. The topological polar surface area (TPSA) is 102 Å². The fraction of sp³-hybridized carbons (Fsp3) is 0.414. The first kappa shape index (κ1) is 31.1. The van der Waals surface area contributed by atoms with Gasteiger partial charge in [0.05, 0.1) is 20.7 Å². The minimum Gasteiger partial charge on any atom is -0.385 e. The Bertz CT molecular complexity index is 1300. The molecule has 2 aromatic rings. The van der Waals surface area contributed by atoms with Gasteiger partial charge < -0.3 is 20.7 Å². The predicted molar refractivity (Wildman–Crippen MR) is 163 cm³/mol. The van der Waals surface area contributed by atoms with Crippen molar-refractivity contribution in [2.24, 2.45) is 5.73 Å². The largest absolute Gasteiger partial charge is 0.385 e. The van der Waals surface area contributed by atoms with E-state index in [1.165, 1.54) is 4.90 Å². The number of nitrogens with two attached hydrogens (primary N) is 1. The molecule has 1 fully saturated rings. The van der Waals surface area contributed by atoms with Gasteiger partial charge in [-0.2, -0.15) is 0 Å². The lowest BCUT2D eigenvalue weighted by molar-refractivity contribution is -0.146. The maximum Gasteiger partial charge on any atom is 0.238 e. The zero-order valence-corrected chi connectivity index (χ0v) is 26.7. The lowest BCUT2D eigenvalue weighted by Gasteiger charge is -2.51. The molecule has 2 aliphatic heterocycles. The number of rotatable bonds is 6. The molecule has 2 aliphatic rings. The summed E-state index contributed by atoms with van der Waals surface area (Å²) < 4.78 is 5.99. The SMILES string of the molecule is C=C(C)[C@@H]1N(CC(N)=O)C(=O)C[C@H](c2cccc(Cl)c2)[C@@]12C(=O)Nc1cc(Br)ccc12.COC(C)[Si](C)(C)C. The number of anilines is 1. The molecule has 10 heteroatoms. The summed E-state index contributed by atoms with van der Waals surface area (Å²) in [5.41, 5.74) is 7.54. The van der Waals surface area contributed by atoms with E-state index >= 15 is 0 Å². The Balaban J connectivity index is 0.000000459. The van der Waals surface area contributed by atoms with Crippen molar-refractivity contribution in [1.29, 1.82) is 0 Å². The highest BCUT2D eigenvalue weighted by Gasteiger charge is 2.63. The molecule has 3 amide bonds. The van der Waals surface area contributed by atoms with Crippen LogP contribution in [0.15, 0.2) is 59.1 Å². The van der Waals surface area contributed by atoms with Crippen LogP contribution in [-0.2, 0) is 24.5 Å². The van der Waals surface area contributed by atoms with E-state index in [9.17, 15) is 14.4 Å². The van der Waals surface area contributed by atoms with E-state index in [2.05, 4.69) is 54.4 Å². The Kier molecular flexibility index (Phi) is 9.53. The first-order valence-corrected chi connectivity index (χ1v) is 17.5. The van der Waals surface area contributed by atoms with Crippen molar-refractivity contribution in [2.45, 2.75) is 63.0 Å². The maximum absolute atomic E-state index is 13.8. The molecule has 0 aromatic heterocycles. The average molecular weight is 635 g/mol. The van der Waals surface area contributed by atoms with Crippen LogP contribution in [-0.4, -0.2) is 56.1 Å². The number of likely N-dealkylation sites (tertiary alicyclic amines) is 1. The number of amides is 3. The van der Waals surface area contributed by atoms with E-state index in [1.54, 1.807) is 32.2 Å². The number of halogens is 2. The Morgan fingerprint density at radius 1 is 1.28 bits per heavy atom. The number of methoxy groups -OCH3 is 1. The van der Waals surface area contributed by atoms with Gasteiger partial charge in [-0.15, -0.1) is 0 Å². The van der Waals surface area contributed by atoms with Crippen LogP contribution in [0.5, 0.6) is 0 Å². The van der Waals surface area contributed by atoms with E-state index < -0.39 is 31.4 Å². The fourth-order valence-corrected chi connectivity index (χ4v) is 6.71. The zero-order chi connectivity index (χ0) is 29.3. The highest BCUT2D eigenvalue weighted by molar-refractivity contribution is 9.10. The molecule has 2 heterocycles. The summed E-state index contributed by atoms with van der Waals surface area (Å²) in [6.45, 7) is 14.6. The summed E-state index contributed by atoms with van der Waals surface area (Å²) in [4.78, 5) is 40.2. The van der Waals surface area contributed by atoms with Crippen LogP contribution in [0.1, 0.15) is 37.3 Å². The molecule has 0 aliphatic carbocycles. The molecular formula is C29H37BrClN3O4Si. The number of nitrogens with one attached hydrogen (secondary N) is 1. The smallest absolute Gasteiger partial charge is 0.238 e. The fourth-order valence-electron chi connectivity index (χ4n) is 5.44. The minimum absolute atomic E-state index is 0.0281. The van der Waals surface area contributed by atoms with Crippen LogP contribution < -0.4 is 11.1 Å². The number of fused-ring (bicyclic) bond motifs is 2. The summed E-state index contributed by atoms with van der Waals surface area (Å²) in [5.74, 6) is -1.67. The second-order valence-electron chi connectivity index (χ2n) is 11.3. The number of hydrogen-bond donors (Lipinski definition) is 2. The molecule has 0 bridgehead atoms. The maximum atomic E-state index is 13.8. The van der Waals surface area contributed by atoms with Crippen LogP contribution in [0, 0.1) is 0 Å². The highest BCUT2D eigenvalue weighted by Crippen LogP contribution is 2.56. The number of carbonyl (C=O) groups is 3. The van der Waals surface area contributed by atoms with Gasteiger partial charge in [0.2, 0.25) is 17.7 Å². The van der Waals surface area contributed by atoms with Crippen molar-refractivity contribution < 1.29 is 19.1 Å². The van der Waals surface area contributed by atoms with Crippen molar-refractivity contribution in [3.63, 3.8) is 0 Å². The number of hydrogen-bond acceptors (Lipinski definition) is 4. The number of carbonyl (C=O) groups excluding carboxylic acids is 3. The molecule has 7 nitrogen and oxygen atoms in total. The van der Waals surface area contributed by atoms with Gasteiger partial charge >= 0.3 is 0 Å². The van der Waals surface area contributed by atoms with Crippen LogP contribution in [0.4, 0.5) is 5.69 Å². The summed E-state index contributed by atoms with van der Waals surface area (Å²) in [5, 5.41) is 3.50. The van der Waals surface area contributed by atoms with Crippen LogP contribution in [0.2, 0.25) is 24.7 Å². The normalized spacial score (nSPS) is 23.0. The van der Waals surface area contributed by atoms with Crippen LogP contribution >= 0.6 is 27.5 Å². The lowest BCUT2D eigenvalue weighted by atomic mass is 9.58. The summed E-state index contributed by atoms with van der Waals surface area (Å²) in [6.07, 6.45) is 0.0281. The molecule has 1 unspecified atom stereocenters. The molecule has 1 spiro atoms. The van der Waals surface area contributed by atoms with Crippen molar-refractivity contribution >= 4 is 59.0 Å². The summed E-state index contributed by atoms with van der Waals surface area (Å²) in [7, 11) is 0.798. The van der Waals surface area contributed by atoms with E-state index in [0.717, 1.165) is 15.6 Å².